The zero-order chi connectivity index (χ0) is 13.1. The zero-order valence-corrected chi connectivity index (χ0v) is 12.0. The molecule has 1 aromatic rings. The third kappa shape index (κ3) is 3.16. The maximum absolute atomic E-state index is 3.65. The average Bonchev–Trinajstić information content (AvgIpc) is 2.34. The van der Waals surface area contributed by atoms with E-state index < -0.39 is 0 Å². The van der Waals surface area contributed by atoms with E-state index in [4.69, 9.17) is 0 Å². The molecule has 1 aromatic carbocycles. The summed E-state index contributed by atoms with van der Waals surface area (Å²) in [6.07, 6.45) is 2.46. The van der Waals surface area contributed by atoms with Gasteiger partial charge in [0.15, 0.2) is 0 Å². The Morgan fingerprint density at radius 3 is 2.44 bits per heavy atom. The van der Waals surface area contributed by atoms with E-state index in [0.29, 0.717) is 12.1 Å². The van der Waals surface area contributed by atoms with E-state index in [-0.39, 0.29) is 0 Å². The number of anilines is 2. The number of likely N-dealkylation sites (tertiary alicyclic amines) is 1. The number of hydrogen-bond acceptors (Lipinski definition) is 3. The SMILES string of the molecule is CC1CC(Nc2ccc(N(C)C)cc2)CCN1C. The third-order valence-corrected chi connectivity index (χ3v) is 3.96. The number of rotatable bonds is 3. The molecule has 1 aliphatic heterocycles. The fraction of sp³-hybridized carbons (Fsp3) is 0.600. The second-order valence-corrected chi connectivity index (χ2v) is 5.64. The molecule has 3 nitrogen and oxygen atoms in total. The van der Waals surface area contributed by atoms with Crippen LogP contribution in [0.2, 0.25) is 0 Å². The van der Waals surface area contributed by atoms with Crippen molar-refractivity contribution in [2.45, 2.75) is 31.8 Å². The molecule has 0 aromatic heterocycles. The van der Waals surface area contributed by atoms with Crippen LogP contribution in [0.15, 0.2) is 24.3 Å². The lowest BCUT2D eigenvalue weighted by Crippen LogP contribution is -2.42. The molecule has 0 radical (unpaired) electrons. The minimum absolute atomic E-state index is 0.612. The van der Waals surface area contributed by atoms with Crippen LogP contribution in [0.3, 0.4) is 0 Å². The van der Waals surface area contributed by atoms with Crippen LogP contribution in [0, 0.1) is 0 Å². The Kier molecular flexibility index (Phi) is 4.12. The molecule has 0 amide bonds. The first kappa shape index (κ1) is 13.2. The number of piperidine rings is 1. The van der Waals surface area contributed by atoms with Gasteiger partial charge in [0.2, 0.25) is 0 Å². The molecular formula is C15H25N3. The molecule has 0 aliphatic carbocycles. The molecule has 3 heteroatoms. The molecule has 1 N–H and O–H groups in total. The Bertz CT molecular complexity index is 372. The fourth-order valence-corrected chi connectivity index (χ4v) is 2.51. The van der Waals surface area contributed by atoms with Gasteiger partial charge in [-0.15, -0.1) is 0 Å². The Labute approximate surface area is 111 Å². The van der Waals surface area contributed by atoms with Crippen LogP contribution in [-0.2, 0) is 0 Å². The number of hydrogen-bond donors (Lipinski definition) is 1. The Balaban J connectivity index is 1.93. The molecular weight excluding hydrogens is 222 g/mol. The maximum atomic E-state index is 3.65. The number of benzene rings is 1. The topological polar surface area (TPSA) is 18.5 Å². The number of nitrogens with zero attached hydrogens (tertiary/aromatic N) is 2. The van der Waals surface area contributed by atoms with E-state index in [1.807, 2.05) is 0 Å². The van der Waals surface area contributed by atoms with E-state index in [1.165, 1.54) is 30.8 Å². The van der Waals surface area contributed by atoms with Crippen LogP contribution in [0.25, 0.3) is 0 Å². The van der Waals surface area contributed by atoms with Crippen LogP contribution < -0.4 is 10.2 Å². The largest absolute Gasteiger partial charge is 0.382 e. The molecule has 0 bridgehead atoms. The lowest BCUT2D eigenvalue weighted by atomic mass is 9.98. The van der Waals surface area contributed by atoms with Gasteiger partial charge in [0.25, 0.3) is 0 Å². The molecule has 100 valence electrons. The Morgan fingerprint density at radius 1 is 1.22 bits per heavy atom. The highest BCUT2D eigenvalue weighted by Gasteiger charge is 2.22. The van der Waals surface area contributed by atoms with E-state index in [1.54, 1.807) is 0 Å². The first-order valence-corrected chi connectivity index (χ1v) is 6.80. The maximum Gasteiger partial charge on any atom is 0.0362 e. The van der Waals surface area contributed by atoms with Crippen molar-refractivity contribution < 1.29 is 0 Å². The summed E-state index contributed by atoms with van der Waals surface area (Å²) in [7, 11) is 6.36. The molecule has 2 rings (SSSR count). The van der Waals surface area contributed by atoms with Gasteiger partial charge in [-0.1, -0.05) is 0 Å². The van der Waals surface area contributed by atoms with Crippen molar-refractivity contribution in [3.63, 3.8) is 0 Å². The molecule has 1 saturated heterocycles. The minimum Gasteiger partial charge on any atom is -0.382 e. The van der Waals surface area contributed by atoms with Crippen molar-refractivity contribution in [2.75, 3.05) is 37.9 Å². The summed E-state index contributed by atoms with van der Waals surface area (Å²) in [6.45, 7) is 3.50. The van der Waals surface area contributed by atoms with Gasteiger partial charge in [-0.05, 0) is 51.1 Å². The zero-order valence-electron chi connectivity index (χ0n) is 12.0. The standard InChI is InChI=1S/C15H25N3/c1-12-11-14(9-10-18(12)4)16-13-5-7-15(8-6-13)17(2)3/h5-8,12,14,16H,9-11H2,1-4H3. The summed E-state index contributed by atoms with van der Waals surface area (Å²) in [6, 6.07) is 9.98. The predicted molar refractivity (Wildman–Crippen MR) is 79.5 cm³/mol. The van der Waals surface area contributed by atoms with Crippen molar-refractivity contribution in [1.82, 2.24) is 4.90 Å². The van der Waals surface area contributed by atoms with E-state index >= 15 is 0 Å². The van der Waals surface area contributed by atoms with Crippen LogP contribution in [-0.4, -0.2) is 44.7 Å². The molecule has 0 spiro atoms. The first-order valence-electron chi connectivity index (χ1n) is 6.80. The van der Waals surface area contributed by atoms with Gasteiger partial charge in [-0.25, -0.2) is 0 Å². The first-order chi connectivity index (χ1) is 8.56. The highest BCUT2D eigenvalue weighted by Crippen LogP contribution is 2.21. The molecule has 2 atom stereocenters. The minimum atomic E-state index is 0.612. The van der Waals surface area contributed by atoms with Gasteiger partial charge in [0.05, 0.1) is 0 Å². The van der Waals surface area contributed by atoms with Gasteiger partial charge >= 0.3 is 0 Å². The molecule has 18 heavy (non-hydrogen) atoms. The summed E-state index contributed by atoms with van der Waals surface area (Å²) >= 11 is 0. The average molecular weight is 247 g/mol. The summed E-state index contributed by atoms with van der Waals surface area (Å²) in [5.74, 6) is 0. The monoisotopic (exact) mass is 247 g/mol. The van der Waals surface area contributed by atoms with Crippen LogP contribution in [0.5, 0.6) is 0 Å². The Morgan fingerprint density at radius 2 is 1.89 bits per heavy atom. The van der Waals surface area contributed by atoms with Gasteiger partial charge in [-0.3, -0.25) is 0 Å². The van der Waals surface area contributed by atoms with Gasteiger partial charge in [0, 0.05) is 44.1 Å². The third-order valence-electron chi connectivity index (χ3n) is 3.96. The van der Waals surface area contributed by atoms with Crippen molar-refractivity contribution in [1.29, 1.82) is 0 Å². The summed E-state index contributed by atoms with van der Waals surface area (Å²) in [4.78, 5) is 4.56. The smallest absolute Gasteiger partial charge is 0.0362 e. The van der Waals surface area contributed by atoms with Crippen LogP contribution in [0.4, 0.5) is 11.4 Å². The second kappa shape index (κ2) is 5.61. The summed E-state index contributed by atoms with van der Waals surface area (Å²) in [5, 5.41) is 3.65. The van der Waals surface area contributed by atoms with E-state index in [9.17, 15) is 0 Å². The molecule has 2 unspecified atom stereocenters. The summed E-state index contributed by atoms with van der Waals surface area (Å²) in [5.41, 5.74) is 2.49. The normalized spacial score (nSPS) is 24.9. The van der Waals surface area contributed by atoms with Gasteiger partial charge in [-0.2, -0.15) is 0 Å². The lowest BCUT2D eigenvalue weighted by molar-refractivity contribution is 0.190. The molecule has 1 aliphatic rings. The van der Waals surface area contributed by atoms with Crippen molar-refractivity contribution in [3.05, 3.63) is 24.3 Å². The number of nitrogens with one attached hydrogen (secondary N) is 1. The highest BCUT2D eigenvalue weighted by molar-refractivity contribution is 5.54. The molecule has 1 heterocycles. The van der Waals surface area contributed by atoms with E-state index in [0.717, 1.165) is 0 Å². The van der Waals surface area contributed by atoms with Crippen molar-refractivity contribution in [3.8, 4) is 0 Å². The molecule has 1 fully saturated rings. The van der Waals surface area contributed by atoms with Crippen LogP contribution >= 0.6 is 0 Å². The highest BCUT2D eigenvalue weighted by atomic mass is 15.1. The quantitative estimate of drug-likeness (QED) is 0.886. The van der Waals surface area contributed by atoms with Crippen molar-refractivity contribution >= 4 is 11.4 Å². The Hall–Kier alpha value is -1.22. The lowest BCUT2D eigenvalue weighted by Gasteiger charge is -2.35. The second-order valence-electron chi connectivity index (χ2n) is 5.64. The fourth-order valence-electron chi connectivity index (χ4n) is 2.51. The van der Waals surface area contributed by atoms with Gasteiger partial charge < -0.3 is 15.1 Å². The van der Waals surface area contributed by atoms with Gasteiger partial charge in [0.1, 0.15) is 0 Å². The predicted octanol–water partition coefficient (Wildman–Crippen LogP) is 2.65. The van der Waals surface area contributed by atoms with Crippen LogP contribution in [0.1, 0.15) is 19.8 Å². The van der Waals surface area contributed by atoms with Crippen molar-refractivity contribution in [2.24, 2.45) is 0 Å². The van der Waals surface area contributed by atoms with E-state index in [2.05, 4.69) is 67.4 Å². The molecule has 0 saturated carbocycles. The summed E-state index contributed by atoms with van der Waals surface area (Å²) < 4.78 is 0.